The zero-order valence-electron chi connectivity index (χ0n) is 16.3. The number of amides is 1. The first kappa shape index (κ1) is 18.7. The van der Waals surface area contributed by atoms with Crippen LogP contribution >= 0.6 is 0 Å². The number of rotatable bonds is 5. The number of fused-ring (bicyclic) bond motifs is 1. The molecular weight excluding hydrogens is 373 g/mol. The van der Waals surface area contributed by atoms with E-state index in [1.807, 2.05) is 11.6 Å². The summed E-state index contributed by atoms with van der Waals surface area (Å²) in [5, 5.41) is 3.69. The summed E-state index contributed by atoms with van der Waals surface area (Å²) in [5.74, 6) is 1.11. The van der Waals surface area contributed by atoms with Crippen LogP contribution in [0.2, 0.25) is 0 Å². The highest BCUT2D eigenvalue weighted by atomic mass is 19.1. The van der Waals surface area contributed by atoms with Gasteiger partial charge in [-0.15, -0.1) is 0 Å². The lowest BCUT2D eigenvalue weighted by Crippen LogP contribution is -2.31. The maximum atomic E-state index is 13.4. The third kappa shape index (κ3) is 3.47. The first-order valence-corrected chi connectivity index (χ1v) is 9.08. The first-order valence-electron chi connectivity index (χ1n) is 9.08. The van der Waals surface area contributed by atoms with Gasteiger partial charge in [-0.05, 0) is 42.8 Å². The maximum absolute atomic E-state index is 13.4. The molecule has 0 saturated carbocycles. The van der Waals surface area contributed by atoms with E-state index in [0.717, 1.165) is 5.56 Å². The second kappa shape index (κ2) is 7.43. The predicted octanol–water partition coefficient (Wildman–Crippen LogP) is 4.14. The van der Waals surface area contributed by atoms with Crippen LogP contribution in [-0.2, 0) is 7.05 Å². The number of benzene rings is 2. The number of nitrogens with zero attached hydrogens (tertiary/aromatic N) is 2. The van der Waals surface area contributed by atoms with Gasteiger partial charge in [0.2, 0.25) is 0 Å². The lowest BCUT2D eigenvalue weighted by atomic mass is 10.0. The summed E-state index contributed by atoms with van der Waals surface area (Å²) < 4.78 is 26.3. The van der Waals surface area contributed by atoms with Crippen molar-refractivity contribution in [3.63, 3.8) is 0 Å². The Hall–Kier alpha value is -3.61. The Bertz CT molecular complexity index is 1180. The van der Waals surface area contributed by atoms with E-state index in [2.05, 4.69) is 10.3 Å². The van der Waals surface area contributed by atoms with Crippen molar-refractivity contribution in [3.05, 3.63) is 83.4 Å². The average Bonchev–Trinajstić information content (AvgIpc) is 3.28. The minimum Gasteiger partial charge on any atom is -0.497 e. The zero-order chi connectivity index (χ0) is 20.5. The summed E-state index contributed by atoms with van der Waals surface area (Å²) >= 11 is 0. The molecule has 1 unspecified atom stereocenters. The van der Waals surface area contributed by atoms with Crippen LogP contribution in [-0.4, -0.2) is 22.6 Å². The van der Waals surface area contributed by atoms with Gasteiger partial charge in [0.15, 0.2) is 0 Å². The van der Waals surface area contributed by atoms with Crippen LogP contribution in [0.3, 0.4) is 0 Å². The van der Waals surface area contributed by atoms with Crippen molar-refractivity contribution < 1.29 is 18.3 Å². The van der Waals surface area contributed by atoms with Crippen LogP contribution in [0.15, 0.2) is 59.3 Å². The van der Waals surface area contributed by atoms with Crippen LogP contribution in [0.25, 0.3) is 11.0 Å². The number of imidazole rings is 1. The summed E-state index contributed by atoms with van der Waals surface area (Å²) in [7, 11) is 3.41. The van der Waals surface area contributed by atoms with Crippen molar-refractivity contribution >= 4 is 16.9 Å². The van der Waals surface area contributed by atoms with Gasteiger partial charge in [-0.1, -0.05) is 12.1 Å². The molecule has 2 heterocycles. The monoisotopic (exact) mass is 393 g/mol. The number of methoxy groups -OCH3 is 1. The van der Waals surface area contributed by atoms with Crippen LogP contribution < -0.4 is 10.1 Å². The highest BCUT2D eigenvalue weighted by Crippen LogP contribution is 2.30. The molecule has 2 aromatic carbocycles. The molecule has 0 radical (unpaired) electrons. The molecule has 1 atom stereocenters. The number of aromatic nitrogens is 2. The van der Waals surface area contributed by atoms with E-state index in [-0.39, 0.29) is 11.7 Å². The van der Waals surface area contributed by atoms with E-state index in [4.69, 9.17) is 9.15 Å². The van der Waals surface area contributed by atoms with Gasteiger partial charge in [-0.25, -0.2) is 9.37 Å². The van der Waals surface area contributed by atoms with E-state index < -0.39 is 6.04 Å². The van der Waals surface area contributed by atoms with Crippen LogP contribution in [0.1, 0.15) is 33.5 Å². The molecule has 0 aliphatic heterocycles. The van der Waals surface area contributed by atoms with Crippen LogP contribution in [0.5, 0.6) is 5.75 Å². The molecule has 0 aliphatic carbocycles. The second-order valence-corrected chi connectivity index (χ2v) is 6.75. The Kier molecular flexibility index (Phi) is 4.80. The third-order valence-corrected chi connectivity index (χ3v) is 4.89. The molecule has 0 aliphatic rings. The van der Waals surface area contributed by atoms with Crippen molar-refractivity contribution in [1.29, 1.82) is 0 Å². The van der Waals surface area contributed by atoms with E-state index >= 15 is 0 Å². The lowest BCUT2D eigenvalue weighted by Gasteiger charge is -2.19. The summed E-state index contributed by atoms with van der Waals surface area (Å²) in [6.45, 7) is 1.75. The molecule has 1 N–H and O–H groups in total. The van der Waals surface area contributed by atoms with E-state index in [1.165, 1.54) is 12.1 Å². The summed E-state index contributed by atoms with van der Waals surface area (Å²) in [6.07, 6.45) is 3.45. The normalized spacial score (nSPS) is 12.1. The largest absolute Gasteiger partial charge is 0.497 e. The number of hydrogen-bond acceptors (Lipinski definition) is 4. The number of nitrogens with one attached hydrogen (secondary N) is 1. The molecule has 1 amide bonds. The fourth-order valence-electron chi connectivity index (χ4n) is 3.42. The standard InChI is InChI=1S/C22H20FN3O3/c1-13-19(17-12-16(28-3)8-9-18(17)29-13)22(27)25-20(21-24-10-11-26(21)2)14-4-6-15(23)7-5-14/h4-12,20H,1-3H3,(H,25,27). The number of ether oxygens (including phenoxy) is 1. The molecule has 0 saturated heterocycles. The van der Waals surface area contributed by atoms with Gasteiger partial charge in [0, 0.05) is 24.8 Å². The summed E-state index contributed by atoms with van der Waals surface area (Å²) in [4.78, 5) is 17.6. The summed E-state index contributed by atoms with van der Waals surface area (Å²) in [5.41, 5.74) is 1.75. The van der Waals surface area contributed by atoms with E-state index in [0.29, 0.717) is 33.9 Å². The molecule has 4 aromatic rings. The minimum atomic E-state index is -0.557. The minimum absolute atomic E-state index is 0.313. The molecule has 7 heteroatoms. The molecule has 0 fully saturated rings. The predicted molar refractivity (Wildman–Crippen MR) is 106 cm³/mol. The van der Waals surface area contributed by atoms with Gasteiger partial charge in [-0.2, -0.15) is 0 Å². The maximum Gasteiger partial charge on any atom is 0.256 e. The number of carbonyl (C=O) groups is 1. The van der Waals surface area contributed by atoms with Crippen molar-refractivity contribution in [3.8, 4) is 5.75 Å². The van der Waals surface area contributed by atoms with Gasteiger partial charge in [0.1, 0.15) is 34.8 Å². The highest BCUT2D eigenvalue weighted by Gasteiger charge is 2.25. The number of carbonyl (C=O) groups excluding carboxylic acids is 1. The fourth-order valence-corrected chi connectivity index (χ4v) is 3.42. The van der Waals surface area contributed by atoms with E-state index in [1.54, 1.807) is 56.8 Å². The van der Waals surface area contributed by atoms with Crippen molar-refractivity contribution in [1.82, 2.24) is 14.9 Å². The van der Waals surface area contributed by atoms with E-state index in [9.17, 15) is 9.18 Å². The molecular formula is C22H20FN3O3. The molecule has 0 bridgehead atoms. The quantitative estimate of drug-likeness (QED) is 0.553. The Balaban J connectivity index is 1.76. The van der Waals surface area contributed by atoms with Gasteiger partial charge >= 0.3 is 0 Å². The van der Waals surface area contributed by atoms with Crippen LogP contribution in [0, 0.1) is 12.7 Å². The fraction of sp³-hybridized carbons (Fsp3) is 0.182. The van der Waals surface area contributed by atoms with Crippen LogP contribution in [0.4, 0.5) is 4.39 Å². The topological polar surface area (TPSA) is 69.3 Å². The number of hydrogen-bond donors (Lipinski definition) is 1. The smallest absolute Gasteiger partial charge is 0.256 e. The molecule has 29 heavy (non-hydrogen) atoms. The molecule has 0 spiro atoms. The molecule has 6 nitrogen and oxygen atoms in total. The Morgan fingerprint density at radius 1 is 1.24 bits per heavy atom. The van der Waals surface area contributed by atoms with Crippen molar-refractivity contribution in [2.45, 2.75) is 13.0 Å². The SMILES string of the molecule is COc1ccc2oc(C)c(C(=O)NC(c3ccc(F)cc3)c3nccn3C)c2c1. The van der Waals surface area contributed by atoms with Gasteiger partial charge in [0.05, 0.1) is 12.7 Å². The number of aryl methyl sites for hydroxylation is 2. The first-order chi connectivity index (χ1) is 14.0. The van der Waals surface area contributed by atoms with Gasteiger partial charge in [-0.3, -0.25) is 4.79 Å². The number of halogens is 1. The van der Waals surface area contributed by atoms with Gasteiger partial charge < -0.3 is 19.0 Å². The van der Waals surface area contributed by atoms with Crippen molar-refractivity contribution in [2.75, 3.05) is 7.11 Å². The lowest BCUT2D eigenvalue weighted by molar-refractivity contribution is 0.0941. The Labute approximate surface area is 166 Å². The highest BCUT2D eigenvalue weighted by molar-refractivity contribution is 6.07. The molecule has 4 rings (SSSR count). The van der Waals surface area contributed by atoms with Gasteiger partial charge in [0.25, 0.3) is 5.91 Å². The Morgan fingerprint density at radius 2 is 2.00 bits per heavy atom. The van der Waals surface area contributed by atoms with Crippen molar-refractivity contribution in [2.24, 2.45) is 7.05 Å². The Morgan fingerprint density at radius 3 is 2.66 bits per heavy atom. The third-order valence-electron chi connectivity index (χ3n) is 4.89. The second-order valence-electron chi connectivity index (χ2n) is 6.75. The molecule has 2 aromatic heterocycles. The zero-order valence-corrected chi connectivity index (χ0v) is 16.3. The summed E-state index contributed by atoms with van der Waals surface area (Å²) in [6, 6.07) is 10.8. The number of furan rings is 1. The molecule has 148 valence electrons. The average molecular weight is 393 g/mol.